The summed E-state index contributed by atoms with van der Waals surface area (Å²) in [4.78, 5) is 38.2. The van der Waals surface area contributed by atoms with Crippen molar-refractivity contribution < 1.29 is 24.2 Å². The van der Waals surface area contributed by atoms with Crippen molar-refractivity contribution >= 4 is 18.0 Å². The quantitative estimate of drug-likeness (QED) is 0.551. The van der Waals surface area contributed by atoms with Gasteiger partial charge in [0.15, 0.2) is 0 Å². The van der Waals surface area contributed by atoms with Gasteiger partial charge in [0.25, 0.3) is 0 Å². The maximum Gasteiger partial charge on any atom is 0.408 e. The number of carboxylic acids is 1. The van der Waals surface area contributed by atoms with Gasteiger partial charge < -0.3 is 20.5 Å². The van der Waals surface area contributed by atoms with E-state index in [-0.39, 0.29) is 12.5 Å². The van der Waals surface area contributed by atoms with E-state index in [4.69, 9.17) is 4.74 Å². The summed E-state index contributed by atoms with van der Waals surface area (Å²) in [7, 11) is 0. The Morgan fingerprint density at radius 3 is 2.03 bits per heavy atom. The first kappa shape index (κ1) is 24.8. The average molecular weight is 479 g/mol. The Hall–Kier alpha value is -3.35. The number of carbonyl (C=O) groups excluding carboxylic acids is 2. The minimum absolute atomic E-state index is 0.0819. The van der Waals surface area contributed by atoms with Crippen LogP contribution in [0.5, 0.6) is 0 Å². The molecule has 3 N–H and O–H groups in total. The summed E-state index contributed by atoms with van der Waals surface area (Å²) in [6.45, 7) is 5.44. The number of ether oxygens (including phenoxy) is 1. The van der Waals surface area contributed by atoms with Gasteiger partial charge in [-0.15, -0.1) is 0 Å². The first-order chi connectivity index (χ1) is 16.6. The molecule has 2 aliphatic carbocycles. The predicted molar refractivity (Wildman–Crippen MR) is 133 cm³/mol. The lowest BCUT2D eigenvalue weighted by molar-refractivity contribution is -0.146. The van der Waals surface area contributed by atoms with Crippen LogP contribution in [0.15, 0.2) is 48.5 Å². The highest BCUT2D eigenvalue weighted by atomic mass is 16.5. The summed E-state index contributed by atoms with van der Waals surface area (Å²) in [5.41, 5.74) is 2.65. The Balaban J connectivity index is 1.48. The molecule has 2 aromatic carbocycles. The number of aliphatic carboxylic acids is 1. The van der Waals surface area contributed by atoms with Crippen LogP contribution in [0.4, 0.5) is 4.79 Å². The highest BCUT2D eigenvalue weighted by Crippen LogP contribution is 2.44. The Morgan fingerprint density at radius 2 is 1.51 bits per heavy atom. The molecule has 0 radical (unpaired) electrons. The molecule has 1 unspecified atom stereocenters. The van der Waals surface area contributed by atoms with E-state index in [1.54, 1.807) is 20.8 Å². The second-order valence-corrected chi connectivity index (χ2v) is 10.7. The zero-order valence-corrected chi connectivity index (χ0v) is 20.6. The molecule has 186 valence electrons. The third-order valence-electron chi connectivity index (χ3n) is 7.22. The number of rotatable bonds is 6. The summed E-state index contributed by atoms with van der Waals surface area (Å²) >= 11 is 0. The molecule has 2 aromatic rings. The van der Waals surface area contributed by atoms with Crippen molar-refractivity contribution in [3.05, 3.63) is 59.7 Å². The topological polar surface area (TPSA) is 105 Å². The van der Waals surface area contributed by atoms with E-state index in [0.29, 0.717) is 12.8 Å². The van der Waals surface area contributed by atoms with Crippen LogP contribution in [0.25, 0.3) is 11.1 Å². The number of fused-ring (bicyclic) bond motifs is 3. The number of hydrogen-bond acceptors (Lipinski definition) is 4. The molecule has 4 rings (SSSR count). The van der Waals surface area contributed by atoms with Crippen LogP contribution >= 0.6 is 0 Å². The molecular weight excluding hydrogens is 444 g/mol. The van der Waals surface area contributed by atoms with Gasteiger partial charge in [-0.25, -0.2) is 9.59 Å². The third kappa shape index (κ3) is 5.04. The number of hydrogen-bond donors (Lipinski definition) is 3. The lowest BCUT2D eigenvalue weighted by Crippen LogP contribution is -2.63. The summed E-state index contributed by atoms with van der Waals surface area (Å²) in [6, 6.07) is 15.1. The van der Waals surface area contributed by atoms with E-state index in [1.807, 2.05) is 24.3 Å². The van der Waals surface area contributed by atoms with Gasteiger partial charge in [-0.05, 0) is 40.5 Å². The third-order valence-corrected chi connectivity index (χ3v) is 7.22. The minimum Gasteiger partial charge on any atom is -0.480 e. The first-order valence-electron chi connectivity index (χ1n) is 12.3. The molecule has 1 atom stereocenters. The van der Waals surface area contributed by atoms with E-state index in [0.717, 1.165) is 41.5 Å². The van der Waals surface area contributed by atoms with Crippen molar-refractivity contribution in [1.29, 1.82) is 0 Å². The Labute approximate surface area is 206 Å². The molecule has 1 saturated carbocycles. The molecule has 0 saturated heterocycles. The predicted octanol–water partition coefficient (Wildman–Crippen LogP) is 4.84. The molecule has 0 aliphatic heterocycles. The van der Waals surface area contributed by atoms with E-state index >= 15 is 0 Å². The second-order valence-electron chi connectivity index (χ2n) is 10.7. The Bertz CT molecular complexity index is 1070. The number of nitrogens with one attached hydrogen (secondary N) is 2. The maximum absolute atomic E-state index is 13.4. The van der Waals surface area contributed by atoms with Crippen molar-refractivity contribution in [1.82, 2.24) is 10.6 Å². The molecule has 7 heteroatoms. The molecule has 35 heavy (non-hydrogen) atoms. The van der Waals surface area contributed by atoms with Gasteiger partial charge in [0, 0.05) is 5.92 Å². The van der Waals surface area contributed by atoms with E-state index in [1.165, 1.54) is 0 Å². The average Bonchev–Trinajstić information content (AvgIpc) is 3.14. The fourth-order valence-electron chi connectivity index (χ4n) is 5.31. The van der Waals surface area contributed by atoms with Gasteiger partial charge in [-0.2, -0.15) is 0 Å². The highest BCUT2D eigenvalue weighted by molar-refractivity contribution is 5.93. The van der Waals surface area contributed by atoms with Crippen LogP contribution in [-0.2, 0) is 14.3 Å². The Morgan fingerprint density at radius 1 is 0.971 bits per heavy atom. The van der Waals surface area contributed by atoms with Crippen LogP contribution in [0.3, 0.4) is 0 Å². The smallest absolute Gasteiger partial charge is 0.408 e. The lowest BCUT2D eigenvalue weighted by Gasteiger charge is -2.38. The normalized spacial score (nSPS) is 17.6. The zero-order valence-electron chi connectivity index (χ0n) is 20.6. The fraction of sp³-hybridized carbons (Fsp3) is 0.464. The van der Waals surface area contributed by atoms with Crippen molar-refractivity contribution in [2.24, 2.45) is 5.41 Å². The van der Waals surface area contributed by atoms with Gasteiger partial charge in [-0.1, -0.05) is 88.6 Å². The van der Waals surface area contributed by atoms with Crippen molar-refractivity contribution in [2.75, 3.05) is 6.61 Å². The first-order valence-corrected chi connectivity index (χ1v) is 12.3. The van der Waals surface area contributed by atoms with Crippen LogP contribution in [0, 0.1) is 5.41 Å². The number of benzene rings is 2. The zero-order chi connectivity index (χ0) is 25.2. The maximum atomic E-state index is 13.4. The van der Waals surface area contributed by atoms with Gasteiger partial charge >= 0.3 is 12.1 Å². The molecule has 2 aliphatic rings. The van der Waals surface area contributed by atoms with Crippen molar-refractivity contribution in [3.63, 3.8) is 0 Å². The summed E-state index contributed by atoms with van der Waals surface area (Å²) in [5, 5.41) is 15.2. The monoisotopic (exact) mass is 478 g/mol. The summed E-state index contributed by atoms with van der Waals surface area (Å²) in [6.07, 6.45) is 2.73. The molecule has 2 amide bonds. The van der Waals surface area contributed by atoms with Crippen LogP contribution < -0.4 is 10.6 Å². The molecule has 0 aromatic heterocycles. The summed E-state index contributed by atoms with van der Waals surface area (Å²) in [5.74, 6) is -1.65. The summed E-state index contributed by atoms with van der Waals surface area (Å²) < 4.78 is 5.69. The van der Waals surface area contributed by atoms with Gasteiger partial charge in [0.05, 0.1) is 0 Å². The fourth-order valence-corrected chi connectivity index (χ4v) is 5.31. The standard InChI is InChI=1S/C28H34N2O5/c1-27(2,3)23(24(31)32)29-25(33)28(15-9-4-10-16-28)30-26(34)35-17-22-20-13-7-5-11-18(20)19-12-6-8-14-21(19)22/h5-8,11-14,22-23H,4,9-10,15-17H2,1-3H3,(H,29,33)(H,30,34)(H,31,32). The van der Waals surface area contributed by atoms with Gasteiger partial charge in [0.2, 0.25) is 5.91 Å². The SMILES string of the molecule is CC(C)(C)C(NC(=O)C1(NC(=O)OCC2c3ccccc3-c3ccccc32)CCCCC1)C(=O)O. The largest absolute Gasteiger partial charge is 0.480 e. The Kier molecular flexibility index (Phi) is 6.88. The minimum atomic E-state index is -1.18. The molecule has 1 fully saturated rings. The van der Waals surface area contributed by atoms with Crippen LogP contribution in [0.2, 0.25) is 0 Å². The van der Waals surface area contributed by atoms with Gasteiger partial charge in [0.1, 0.15) is 18.2 Å². The van der Waals surface area contributed by atoms with Crippen molar-refractivity contribution in [3.8, 4) is 11.1 Å². The molecule has 0 heterocycles. The number of carboxylic acid groups (broad SMARTS) is 1. The highest BCUT2D eigenvalue weighted by Gasteiger charge is 2.44. The van der Waals surface area contributed by atoms with Gasteiger partial charge in [-0.3, -0.25) is 4.79 Å². The van der Waals surface area contributed by atoms with E-state index in [9.17, 15) is 19.5 Å². The molecule has 0 spiro atoms. The van der Waals surface area contributed by atoms with Crippen molar-refractivity contribution in [2.45, 2.75) is 70.4 Å². The number of alkyl carbamates (subject to hydrolysis) is 1. The lowest BCUT2D eigenvalue weighted by atomic mass is 9.79. The van der Waals surface area contributed by atoms with Crippen LogP contribution in [0.1, 0.15) is 69.9 Å². The molecule has 0 bridgehead atoms. The number of amides is 2. The molecule has 7 nitrogen and oxygen atoms in total. The second kappa shape index (κ2) is 9.72. The number of carbonyl (C=O) groups is 3. The molecular formula is C28H34N2O5. The van der Waals surface area contributed by atoms with E-state index in [2.05, 4.69) is 34.9 Å². The van der Waals surface area contributed by atoms with Crippen LogP contribution in [-0.4, -0.2) is 41.3 Å². The van der Waals surface area contributed by atoms with E-state index < -0.39 is 35.0 Å².